The number of carbonyl (C=O) groups is 1. The zero-order chi connectivity index (χ0) is 14.0. The van der Waals surface area contributed by atoms with E-state index in [4.69, 9.17) is 0 Å². The lowest BCUT2D eigenvalue weighted by Gasteiger charge is -2.16. The monoisotopic (exact) mass is 304 g/mol. The van der Waals surface area contributed by atoms with Gasteiger partial charge in [-0.2, -0.15) is 4.31 Å². The van der Waals surface area contributed by atoms with Gasteiger partial charge in [-0.15, -0.1) is 11.3 Å². The maximum Gasteiger partial charge on any atom is 0.349 e. The third-order valence-electron chi connectivity index (χ3n) is 3.18. The number of ether oxygens (including phenoxy) is 1. The lowest BCUT2D eigenvalue weighted by molar-refractivity contribution is 0.0602. The average molecular weight is 304 g/mol. The molecule has 2 heterocycles. The number of nitrogens with zero attached hydrogens (tertiary/aromatic N) is 1. The van der Waals surface area contributed by atoms with Crippen LogP contribution in [0.15, 0.2) is 16.3 Å². The Balaban J connectivity index is 2.31. The Hall–Kier alpha value is -0.960. The van der Waals surface area contributed by atoms with Gasteiger partial charge in [0, 0.05) is 19.1 Å². The third kappa shape index (κ3) is 2.66. The van der Waals surface area contributed by atoms with Crippen molar-refractivity contribution >= 4 is 27.3 Å². The Morgan fingerprint density at radius 2 is 2.32 bits per heavy atom. The predicted molar refractivity (Wildman–Crippen MR) is 71.9 cm³/mol. The number of methoxy groups -OCH3 is 1. The molecule has 0 spiro atoms. The minimum atomic E-state index is -3.62. The highest BCUT2D eigenvalue weighted by molar-refractivity contribution is 7.89. The van der Waals surface area contributed by atoms with Crippen LogP contribution in [0.5, 0.6) is 0 Å². The molecule has 1 atom stereocenters. The van der Waals surface area contributed by atoms with E-state index in [1.54, 1.807) is 5.38 Å². The number of thiophene rings is 1. The van der Waals surface area contributed by atoms with Gasteiger partial charge in [-0.25, -0.2) is 13.2 Å². The Morgan fingerprint density at radius 3 is 2.89 bits per heavy atom. The number of esters is 1. The highest BCUT2D eigenvalue weighted by Crippen LogP contribution is 2.28. The lowest BCUT2D eigenvalue weighted by Crippen LogP contribution is -2.33. The second-order valence-electron chi connectivity index (χ2n) is 4.24. The van der Waals surface area contributed by atoms with Crippen LogP contribution in [-0.4, -0.2) is 52.0 Å². The summed E-state index contributed by atoms with van der Waals surface area (Å²) in [6, 6.07) is 1.62. The molecule has 1 aliphatic heterocycles. The van der Waals surface area contributed by atoms with E-state index in [0.29, 0.717) is 13.1 Å². The summed E-state index contributed by atoms with van der Waals surface area (Å²) >= 11 is 1.08. The summed E-state index contributed by atoms with van der Waals surface area (Å²) < 4.78 is 31.0. The number of hydrogen-bond donors (Lipinski definition) is 1. The van der Waals surface area contributed by atoms with E-state index < -0.39 is 16.0 Å². The minimum Gasteiger partial charge on any atom is -0.465 e. The zero-order valence-corrected chi connectivity index (χ0v) is 12.4. The van der Waals surface area contributed by atoms with E-state index in [2.05, 4.69) is 10.1 Å². The minimum absolute atomic E-state index is 0.0427. The van der Waals surface area contributed by atoms with Crippen LogP contribution in [0.1, 0.15) is 16.1 Å². The smallest absolute Gasteiger partial charge is 0.349 e. The molecule has 8 heteroatoms. The number of likely N-dealkylation sites (N-methyl/N-ethyl adjacent to an activating group) is 1. The van der Waals surface area contributed by atoms with Crippen LogP contribution in [0.4, 0.5) is 0 Å². The van der Waals surface area contributed by atoms with Gasteiger partial charge in [0.1, 0.15) is 9.77 Å². The summed E-state index contributed by atoms with van der Waals surface area (Å²) in [5.41, 5.74) is 0. The Morgan fingerprint density at radius 1 is 1.58 bits per heavy atom. The molecule has 1 fully saturated rings. The molecule has 1 aliphatic rings. The van der Waals surface area contributed by atoms with Gasteiger partial charge >= 0.3 is 5.97 Å². The Labute approximate surface area is 116 Å². The molecular formula is C11H16N2O4S2. The number of hydrogen-bond acceptors (Lipinski definition) is 6. The molecule has 1 aromatic heterocycles. The van der Waals surface area contributed by atoms with Crippen LogP contribution in [0.2, 0.25) is 0 Å². The molecule has 19 heavy (non-hydrogen) atoms. The molecule has 0 amide bonds. The normalized spacial score (nSPS) is 20.6. The molecule has 0 saturated carbocycles. The first-order valence-electron chi connectivity index (χ1n) is 5.84. The molecule has 0 aliphatic carbocycles. The van der Waals surface area contributed by atoms with E-state index in [1.165, 1.54) is 17.5 Å². The molecule has 1 aromatic rings. The number of rotatable bonds is 4. The summed E-state index contributed by atoms with van der Waals surface area (Å²) in [5.74, 6) is -0.613. The maximum absolute atomic E-state index is 12.5. The van der Waals surface area contributed by atoms with Crippen molar-refractivity contribution < 1.29 is 17.9 Å². The summed E-state index contributed by atoms with van der Waals surface area (Å²) in [6.07, 6.45) is 0.771. The van der Waals surface area contributed by atoms with E-state index in [1.807, 2.05) is 7.05 Å². The summed E-state index contributed by atoms with van der Waals surface area (Å²) in [4.78, 5) is 11.7. The topological polar surface area (TPSA) is 75.7 Å². The van der Waals surface area contributed by atoms with Crippen molar-refractivity contribution in [2.75, 3.05) is 27.2 Å². The standard InChI is InChI=1S/C11H16N2O4S2/c1-12-8-3-5-13(7-8)19(15,16)9-4-6-18-10(9)11(14)17-2/h4,6,8,12H,3,5,7H2,1-2H3. The average Bonchev–Trinajstić information content (AvgIpc) is 3.06. The second kappa shape index (κ2) is 5.58. The van der Waals surface area contributed by atoms with Gasteiger partial charge in [0.2, 0.25) is 10.0 Å². The van der Waals surface area contributed by atoms with E-state index in [0.717, 1.165) is 17.8 Å². The summed E-state index contributed by atoms with van der Waals surface area (Å²) in [6.45, 7) is 0.888. The predicted octanol–water partition coefficient (Wildman–Crippen LogP) is 0.517. The quantitative estimate of drug-likeness (QED) is 0.821. The maximum atomic E-state index is 12.5. The van der Waals surface area contributed by atoms with Gasteiger partial charge in [0.05, 0.1) is 7.11 Å². The first-order chi connectivity index (χ1) is 9.00. The number of sulfonamides is 1. The van der Waals surface area contributed by atoms with E-state index >= 15 is 0 Å². The number of carbonyl (C=O) groups excluding carboxylic acids is 1. The van der Waals surface area contributed by atoms with Gasteiger partial charge < -0.3 is 10.1 Å². The van der Waals surface area contributed by atoms with Gasteiger partial charge in [-0.3, -0.25) is 0 Å². The highest BCUT2D eigenvalue weighted by Gasteiger charge is 2.35. The molecule has 6 nitrogen and oxygen atoms in total. The molecule has 0 bridgehead atoms. The van der Waals surface area contributed by atoms with Gasteiger partial charge in [-0.1, -0.05) is 0 Å². The molecule has 0 aromatic carbocycles. The van der Waals surface area contributed by atoms with Crippen LogP contribution < -0.4 is 5.32 Å². The lowest BCUT2D eigenvalue weighted by atomic mass is 10.3. The third-order valence-corrected chi connectivity index (χ3v) is 6.11. The van der Waals surface area contributed by atoms with Crippen LogP contribution in [0, 0.1) is 0 Å². The van der Waals surface area contributed by atoms with Crippen molar-refractivity contribution in [3.63, 3.8) is 0 Å². The van der Waals surface area contributed by atoms with Crippen molar-refractivity contribution in [2.24, 2.45) is 0 Å². The fourth-order valence-corrected chi connectivity index (χ4v) is 4.87. The summed E-state index contributed by atoms with van der Waals surface area (Å²) in [5, 5.41) is 4.65. The first kappa shape index (κ1) is 14.4. The van der Waals surface area contributed by atoms with Crippen LogP contribution in [0.3, 0.4) is 0 Å². The number of nitrogens with one attached hydrogen (secondary N) is 1. The Kier molecular flexibility index (Phi) is 4.24. The van der Waals surface area contributed by atoms with Crippen LogP contribution >= 0.6 is 11.3 Å². The van der Waals surface area contributed by atoms with E-state index in [9.17, 15) is 13.2 Å². The van der Waals surface area contributed by atoms with Gasteiger partial charge in [0.25, 0.3) is 0 Å². The van der Waals surface area contributed by atoms with Crippen molar-refractivity contribution in [3.05, 3.63) is 16.3 Å². The van der Waals surface area contributed by atoms with Gasteiger partial charge in [-0.05, 0) is 24.9 Å². The zero-order valence-electron chi connectivity index (χ0n) is 10.8. The van der Waals surface area contributed by atoms with Crippen molar-refractivity contribution in [3.8, 4) is 0 Å². The fraction of sp³-hybridized carbons (Fsp3) is 0.545. The van der Waals surface area contributed by atoms with Crippen molar-refractivity contribution in [2.45, 2.75) is 17.4 Å². The van der Waals surface area contributed by atoms with Crippen molar-refractivity contribution in [1.82, 2.24) is 9.62 Å². The fourth-order valence-electron chi connectivity index (χ4n) is 2.06. The van der Waals surface area contributed by atoms with E-state index in [-0.39, 0.29) is 15.8 Å². The highest BCUT2D eigenvalue weighted by atomic mass is 32.2. The SMILES string of the molecule is CNC1CCN(S(=O)(=O)c2ccsc2C(=O)OC)C1. The largest absolute Gasteiger partial charge is 0.465 e. The molecule has 0 radical (unpaired) electrons. The van der Waals surface area contributed by atoms with Crippen LogP contribution in [0.25, 0.3) is 0 Å². The molecular weight excluding hydrogens is 288 g/mol. The molecule has 1 N–H and O–H groups in total. The molecule has 2 rings (SSSR count). The molecule has 1 unspecified atom stereocenters. The van der Waals surface area contributed by atoms with Crippen molar-refractivity contribution in [1.29, 1.82) is 0 Å². The molecule has 106 valence electrons. The Bertz CT molecular complexity index is 567. The van der Waals surface area contributed by atoms with Gasteiger partial charge in [0.15, 0.2) is 0 Å². The van der Waals surface area contributed by atoms with Crippen LogP contribution in [-0.2, 0) is 14.8 Å². The second-order valence-corrected chi connectivity index (χ2v) is 7.07. The summed E-state index contributed by atoms with van der Waals surface area (Å²) in [7, 11) is -0.569. The molecule has 1 saturated heterocycles. The first-order valence-corrected chi connectivity index (χ1v) is 8.16.